The van der Waals surface area contributed by atoms with Gasteiger partial charge in [-0.25, -0.2) is 4.39 Å². The Morgan fingerprint density at radius 2 is 1.87 bits per heavy atom. The summed E-state index contributed by atoms with van der Waals surface area (Å²) in [6.07, 6.45) is 4.74. The van der Waals surface area contributed by atoms with Crippen molar-refractivity contribution in [3.63, 3.8) is 0 Å². The van der Waals surface area contributed by atoms with Crippen LogP contribution in [0.3, 0.4) is 0 Å². The molecule has 1 saturated carbocycles. The van der Waals surface area contributed by atoms with Crippen molar-refractivity contribution >= 4 is 12.4 Å². The average Bonchev–Trinajstić information content (AvgIpc) is 2.85. The maximum absolute atomic E-state index is 13.3. The van der Waals surface area contributed by atoms with Crippen LogP contribution in [0.4, 0.5) is 17.3 Å². The number of hydrogen-bond acceptors (Lipinski definition) is 2. The zero-order valence-corrected chi connectivity index (χ0v) is 16.3. The Balaban J connectivity index is 0.00000192. The van der Waals surface area contributed by atoms with Gasteiger partial charge in [0, 0.05) is 18.9 Å². The molecule has 1 unspecified atom stereocenters. The van der Waals surface area contributed by atoms with Crippen molar-refractivity contribution in [2.75, 3.05) is 6.61 Å². The molecule has 8 heteroatoms. The van der Waals surface area contributed by atoms with E-state index in [-0.39, 0.29) is 63.1 Å². The van der Waals surface area contributed by atoms with E-state index >= 15 is 0 Å². The van der Waals surface area contributed by atoms with Gasteiger partial charge < -0.3 is 22.4 Å². The number of halogens is 4. The molecule has 0 aromatic heterocycles. The van der Waals surface area contributed by atoms with Gasteiger partial charge in [0.15, 0.2) is 0 Å². The summed E-state index contributed by atoms with van der Waals surface area (Å²) in [4.78, 5) is 0. The molecule has 0 amide bonds. The molecule has 1 aromatic carbocycles. The number of hydrogen-bond donors (Lipinski definition) is 0. The number of ether oxygens (including phenoxy) is 2. The quantitative estimate of drug-likeness (QED) is 0.588. The van der Waals surface area contributed by atoms with E-state index in [9.17, 15) is 17.3 Å². The molecule has 1 atom stereocenters. The molecule has 1 aromatic rings. The minimum absolute atomic E-state index is 0. The summed E-state index contributed by atoms with van der Waals surface area (Å²) in [5.41, 5.74) is -1.12. The molecule has 0 radical (unpaired) electrons. The molecule has 3 rings (SSSR count). The van der Waals surface area contributed by atoms with Gasteiger partial charge in [0.2, 0.25) is 0 Å². The Morgan fingerprint density at radius 3 is 2.52 bits per heavy atom. The van der Waals surface area contributed by atoms with E-state index in [2.05, 4.69) is 0 Å². The standard InChI is InChI=1S/C15H18BF4O2.K/c17-11-3-4-13(16(18,19)20)14(9-11)22-12-5-8-21-15(10-12)6-1-2-7-15;/h3-4,9,12H,1-2,5-8,10H2;/q-1;+1. The first-order chi connectivity index (χ1) is 10.4. The van der Waals surface area contributed by atoms with E-state index in [1.54, 1.807) is 0 Å². The Labute approximate surface area is 175 Å². The van der Waals surface area contributed by atoms with Crippen molar-refractivity contribution in [1.29, 1.82) is 0 Å². The van der Waals surface area contributed by atoms with Crippen LogP contribution in [0.1, 0.15) is 38.5 Å². The van der Waals surface area contributed by atoms with E-state index in [1.807, 2.05) is 0 Å². The zero-order chi connectivity index (χ0) is 15.8. The summed E-state index contributed by atoms with van der Waals surface area (Å²) >= 11 is 0. The maximum atomic E-state index is 13.3. The van der Waals surface area contributed by atoms with Crippen molar-refractivity contribution in [3.8, 4) is 5.75 Å². The predicted molar refractivity (Wildman–Crippen MR) is 75.9 cm³/mol. The number of benzene rings is 1. The van der Waals surface area contributed by atoms with Crippen molar-refractivity contribution in [2.24, 2.45) is 0 Å². The first kappa shape index (κ1) is 19.7. The Bertz CT molecular complexity index is 547. The van der Waals surface area contributed by atoms with E-state index < -0.39 is 24.0 Å². The molecule has 0 bridgehead atoms. The summed E-state index contributed by atoms with van der Waals surface area (Å²) in [5, 5.41) is 0. The van der Waals surface area contributed by atoms with Crippen LogP contribution in [0.5, 0.6) is 5.75 Å². The van der Waals surface area contributed by atoms with Crippen LogP contribution in [0, 0.1) is 5.82 Å². The third kappa shape index (κ3) is 4.73. The normalized spacial score (nSPS) is 23.6. The van der Waals surface area contributed by atoms with Crippen LogP contribution in [-0.4, -0.2) is 25.3 Å². The molecule has 2 fully saturated rings. The van der Waals surface area contributed by atoms with Gasteiger partial charge in [-0.3, -0.25) is 0 Å². The van der Waals surface area contributed by atoms with Gasteiger partial charge in [-0.1, -0.05) is 24.4 Å². The second-order valence-corrected chi connectivity index (χ2v) is 6.23. The van der Waals surface area contributed by atoms with Gasteiger partial charge >= 0.3 is 58.4 Å². The molecule has 1 heterocycles. The SMILES string of the molecule is Fc1ccc([B-](F)(F)F)c(OC2CCOC3(CCCC3)C2)c1.[K+]. The van der Waals surface area contributed by atoms with E-state index in [1.165, 1.54) is 0 Å². The van der Waals surface area contributed by atoms with Crippen LogP contribution < -0.4 is 61.6 Å². The minimum Gasteiger partial charge on any atom is -0.493 e. The molecule has 1 aliphatic carbocycles. The topological polar surface area (TPSA) is 18.5 Å². The van der Waals surface area contributed by atoms with Gasteiger partial charge in [0.05, 0.1) is 18.0 Å². The van der Waals surface area contributed by atoms with Gasteiger partial charge in [0.25, 0.3) is 0 Å². The Kier molecular flexibility index (Phi) is 6.64. The molecule has 1 aliphatic heterocycles. The zero-order valence-electron chi connectivity index (χ0n) is 13.2. The van der Waals surface area contributed by atoms with Gasteiger partial charge in [0.1, 0.15) is 11.9 Å². The Hall–Kier alpha value is 0.401. The summed E-state index contributed by atoms with van der Waals surface area (Å²) in [7, 11) is 0. The summed E-state index contributed by atoms with van der Waals surface area (Å²) in [6.45, 7) is -4.75. The van der Waals surface area contributed by atoms with Crippen LogP contribution in [0.2, 0.25) is 0 Å². The van der Waals surface area contributed by atoms with Crippen molar-refractivity contribution in [1.82, 2.24) is 0 Å². The monoisotopic (exact) mass is 356 g/mol. The predicted octanol–water partition coefficient (Wildman–Crippen LogP) is 0.755. The molecule has 1 spiro atoms. The molecular weight excluding hydrogens is 338 g/mol. The molecule has 2 nitrogen and oxygen atoms in total. The van der Waals surface area contributed by atoms with E-state index in [0.29, 0.717) is 19.4 Å². The second kappa shape index (κ2) is 7.74. The minimum atomic E-state index is -5.23. The number of rotatable bonds is 3. The van der Waals surface area contributed by atoms with E-state index in [4.69, 9.17) is 9.47 Å². The maximum Gasteiger partial charge on any atom is 1.00 e. The van der Waals surface area contributed by atoms with Crippen LogP contribution in [0.25, 0.3) is 0 Å². The van der Waals surface area contributed by atoms with Crippen LogP contribution >= 0.6 is 0 Å². The molecule has 0 N–H and O–H groups in total. The summed E-state index contributed by atoms with van der Waals surface area (Å²) in [6, 6.07) is 2.41. The third-order valence-electron chi connectivity index (χ3n) is 4.58. The summed E-state index contributed by atoms with van der Waals surface area (Å²) < 4.78 is 63.9. The fourth-order valence-electron chi connectivity index (χ4n) is 3.51. The van der Waals surface area contributed by atoms with Crippen molar-refractivity contribution < 1.29 is 78.2 Å². The molecule has 1 saturated heterocycles. The van der Waals surface area contributed by atoms with Crippen molar-refractivity contribution in [2.45, 2.75) is 50.2 Å². The van der Waals surface area contributed by atoms with E-state index in [0.717, 1.165) is 43.9 Å². The summed E-state index contributed by atoms with van der Waals surface area (Å²) in [5.74, 6) is -1.12. The van der Waals surface area contributed by atoms with Crippen LogP contribution in [-0.2, 0) is 4.74 Å². The smallest absolute Gasteiger partial charge is 0.493 e. The largest absolute Gasteiger partial charge is 1.00 e. The molecule has 122 valence electrons. The Morgan fingerprint density at radius 1 is 1.17 bits per heavy atom. The fourth-order valence-corrected chi connectivity index (χ4v) is 3.51. The van der Waals surface area contributed by atoms with Gasteiger partial charge in [-0.05, 0) is 18.9 Å². The van der Waals surface area contributed by atoms with Crippen LogP contribution in [0.15, 0.2) is 18.2 Å². The first-order valence-corrected chi connectivity index (χ1v) is 7.68. The molecule has 23 heavy (non-hydrogen) atoms. The average molecular weight is 356 g/mol. The molecular formula is C15H18BF4KO2. The van der Waals surface area contributed by atoms with Gasteiger partial charge in [-0.2, -0.15) is 0 Å². The first-order valence-electron chi connectivity index (χ1n) is 7.68. The second-order valence-electron chi connectivity index (χ2n) is 6.23. The molecule has 2 aliphatic rings. The fraction of sp³-hybridized carbons (Fsp3) is 0.600. The van der Waals surface area contributed by atoms with Gasteiger partial charge in [-0.15, -0.1) is 0 Å². The third-order valence-corrected chi connectivity index (χ3v) is 4.58. The van der Waals surface area contributed by atoms with Crippen molar-refractivity contribution in [3.05, 3.63) is 24.0 Å².